The maximum absolute atomic E-state index is 13.1. The highest BCUT2D eigenvalue weighted by atomic mass is 35.5. The van der Waals surface area contributed by atoms with Crippen molar-refractivity contribution in [1.82, 2.24) is 10.2 Å². The van der Waals surface area contributed by atoms with Crippen molar-refractivity contribution >= 4 is 40.9 Å². The molecule has 1 aliphatic heterocycles. The first kappa shape index (κ1) is 20.2. The third-order valence-electron chi connectivity index (χ3n) is 4.76. The first-order valence-electron chi connectivity index (χ1n) is 8.45. The third kappa shape index (κ3) is 3.45. The van der Waals surface area contributed by atoms with Gasteiger partial charge in [-0.05, 0) is 44.2 Å². The number of ketones is 1. The largest absolute Gasteiger partial charge is 0.496 e. The summed E-state index contributed by atoms with van der Waals surface area (Å²) >= 11 is 12.2. The molecule has 146 valence electrons. The summed E-state index contributed by atoms with van der Waals surface area (Å²) in [5.41, 5.74) is 0.129. The van der Waals surface area contributed by atoms with E-state index in [1.54, 1.807) is 37.3 Å². The van der Waals surface area contributed by atoms with Gasteiger partial charge in [0, 0.05) is 26.7 Å². The topological polar surface area (TPSA) is 75.7 Å². The van der Waals surface area contributed by atoms with E-state index in [0.717, 1.165) is 4.90 Å². The van der Waals surface area contributed by atoms with Crippen LogP contribution in [0.15, 0.2) is 36.4 Å². The standard InChI is InChI=1S/C20H18Cl2N2O4/c1-11(25)12-4-7-17(28-3)13(8-12)10-24-18(26)20(2,23-19(24)27)15-6-5-14(21)9-16(15)22/h4-9H,10H2,1-3H3,(H,23,27). The van der Waals surface area contributed by atoms with Crippen molar-refractivity contribution in [2.45, 2.75) is 25.9 Å². The van der Waals surface area contributed by atoms with Gasteiger partial charge in [0.2, 0.25) is 0 Å². The molecule has 6 nitrogen and oxygen atoms in total. The zero-order valence-corrected chi connectivity index (χ0v) is 17.0. The van der Waals surface area contributed by atoms with E-state index < -0.39 is 17.5 Å². The average Bonchev–Trinajstić information content (AvgIpc) is 2.85. The lowest BCUT2D eigenvalue weighted by atomic mass is 9.92. The maximum atomic E-state index is 13.1. The summed E-state index contributed by atoms with van der Waals surface area (Å²) in [5.74, 6) is -0.111. The summed E-state index contributed by atoms with van der Waals surface area (Å²) in [6, 6.07) is 9.07. The molecule has 1 heterocycles. The molecule has 3 amide bonds. The van der Waals surface area contributed by atoms with E-state index in [1.807, 2.05) is 0 Å². The molecule has 0 aliphatic carbocycles. The molecule has 0 spiro atoms. The molecule has 0 bridgehead atoms. The highest BCUT2D eigenvalue weighted by molar-refractivity contribution is 6.35. The Morgan fingerprint density at radius 2 is 1.89 bits per heavy atom. The molecular weight excluding hydrogens is 403 g/mol. The number of methoxy groups -OCH3 is 1. The zero-order valence-electron chi connectivity index (χ0n) is 15.5. The molecule has 1 aliphatic rings. The fourth-order valence-corrected chi connectivity index (χ4v) is 3.81. The van der Waals surface area contributed by atoms with Crippen LogP contribution in [0.2, 0.25) is 10.0 Å². The average molecular weight is 421 g/mol. The van der Waals surface area contributed by atoms with Crippen molar-refractivity contribution in [2.24, 2.45) is 0 Å². The second-order valence-corrected chi connectivity index (χ2v) is 7.50. The van der Waals surface area contributed by atoms with Crippen LogP contribution in [0.1, 0.15) is 35.3 Å². The van der Waals surface area contributed by atoms with Crippen molar-refractivity contribution in [2.75, 3.05) is 7.11 Å². The van der Waals surface area contributed by atoms with Gasteiger partial charge in [0.05, 0.1) is 13.7 Å². The molecule has 3 rings (SSSR count). The lowest BCUT2D eigenvalue weighted by Gasteiger charge is -2.23. The number of Topliss-reactive ketones (excluding diaryl/α,β-unsaturated/α-hetero) is 1. The molecule has 1 atom stereocenters. The van der Waals surface area contributed by atoms with Gasteiger partial charge in [-0.1, -0.05) is 29.3 Å². The number of amides is 3. The van der Waals surface area contributed by atoms with Crippen molar-refractivity contribution in [1.29, 1.82) is 0 Å². The van der Waals surface area contributed by atoms with E-state index in [9.17, 15) is 14.4 Å². The van der Waals surface area contributed by atoms with Gasteiger partial charge >= 0.3 is 6.03 Å². The lowest BCUT2D eigenvalue weighted by molar-refractivity contribution is -0.131. The number of hydrogen-bond donors (Lipinski definition) is 1. The number of ether oxygens (including phenoxy) is 1. The Balaban J connectivity index is 1.97. The minimum Gasteiger partial charge on any atom is -0.496 e. The van der Waals surface area contributed by atoms with Crippen LogP contribution in [0.4, 0.5) is 4.79 Å². The minimum absolute atomic E-state index is 0.0459. The van der Waals surface area contributed by atoms with Crippen molar-refractivity contribution in [3.8, 4) is 5.75 Å². The third-order valence-corrected chi connectivity index (χ3v) is 5.31. The number of urea groups is 1. The predicted octanol–water partition coefficient (Wildman–Crippen LogP) is 4.17. The zero-order chi connectivity index (χ0) is 20.6. The Morgan fingerprint density at radius 1 is 1.18 bits per heavy atom. The lowest BCUT2D eigenvalue weighted by Crippen LogP contribution is -2.41. The van der Waals surface area contributed by atoms with Crippen LogP contribution in [-0.2, 0) is 16.9 Å². The predicted molar refractivity (Wildman–Crippen MR) is 106 cm³/mol. The number of rotatable bonds is 5. The molecule has 0 aromatic heterocycles. The van der Waals surface area contributed by atoms with E-state index in [-0.39, 0.29) is 17.4 Å². The summed E-state index contributed by atoms with van der Waals surface area (Å²) in [4.78, 5) is 38.5. The van der Waals surface area contributed by atoms with Gasteiger partial charge in [-0.2, -0.15) is 0 Å². The first-order valence-corrected chi connectivity index (χ1v) is 9.20. The number of nitrogens with one attached hydrogen (secondary N) is 1. The SMILES string of the molecule is COc1ccc(C(C)=O)cc1CN1C(=O)NC(C)(c2ccc(Cl)cc2Cl)C1=O. The quantitative estimate of drug-likeness (QED) is 0.581. The number of carbonyl (C=O) groups excluding carboxylic acids is 3. The minimum atomic E-state index is -1.33. The van der Waals surface area contributed by atoms with Crippen LogP contribution in [0.25, 0.3) is 0 Å². The molecule has 2 aromatic carbocycles. The van der Waals surface area contributed by atoms with Gasteiger partial charge in [0.25, 0.3) is 5.91 Å². The van der Waals surface area contributed by atoms with Crippen molar-refractivity contribution < 1.29 is 19.1 Å². The Kier molecular flexibility index (Phi) is 5.37. The van der Waals surface area contributed by atoms with Gasteiger partial charge in [-0.25, -0.2) is 4.79 Å². The monoisotopic (exact) mass is 420 g/mol. The number of imide groups is 1. The summed E-state index contributed by atoms with van der Waals surface area (Å²) < 4.78 is 5.31. The molecule has 2 aromatic rings. The van der Waals surface area contributed by atoms with Crippen LogP contribution >= 0.6 is 23.2 Å². The van der Waals surface area contributed by atoms with Crippen LogP contribution < -0.4 is 10.1 Å². The maximum Gasteiger partial charge on any atom is 0.325 e. The Labute approximate surface area is 172 Å². The molecular formula is C20H18Cl2N2O4. The van der Waals surface area contributed by atoms with E-state index in [0.29, 0.717) is 27.5 Å². The summed E-state index contributed by atoms with van der Waals surface area (Å²) in [6.07, 6.45) is 0. The second-order valence-electron chi connectivity index (χ2n) is 6.65. The van der Waals surface area contributed by atoms with Gasteiger partial charge in [-0.15, -0.1) is 0 Å². The summed E-state index contributed by atoms with van der Waals surface area (Å²) in [5, 5.41) is 3.41. The summed E-state index contributed by atoms with van der Waals surface area (Å²) in [6.45, 7) is 2.99. The van der Waals surface area contributed by atoms with Crippen molar-refractivity contribution in [3.63, 3.8) is 0 Å². The molecule has 1 N–H and O–H groups in total. The van der Waals surface area contributed by atoms with Gasteiger partial charge < -0.3 is 10.1 Å². The highest BCUT2D eigenvalue weighted by Gasteiger charge is 2.50. The molecule has 8 heteroatoms. The van der Waals surface area contributed by atoms with Crippen LogP contribution in [-0.4, -0.2) is 29.7 Å². The normalized spacial score (nSPS) is 19.0. The second kappa shape index (κ2) is 7.45. The summed E-state index contributed by atoms with van der Waals surface area (Å²) in [7, 11) is 1.48. The molecule has 0 saturated carbocycles. The van der Waals surface area contributed by atoms with Crippen molar-refractivity contribution in [3.05, 3.63) is 63.1 Å². The Bertz CT molecular complexity index is 992. The number of hydrogen-bond acceptors (Lipinski definition) is 4. The van der Waals surface area contributed by atoms with Crippen LogP contribution in [0.3, 0.4) is 0 Å². The van der Waals surface area contributed by atoms with E-state index in [2.05, 4.69) is 5.32 Å². The molecule has 1 unspecified atom stereocenters. The first-order chi connectivity index (χ1) is 13.2. The van der Waals surface area contributed by atoms with E-state index >= 15 is 0 Å². The fourth-order valence-electron chi connectivity index (χ4n) is 3.21. The van der Waals surface area contributed by atoms with Gasteiger partial charge in [0.15, 0.2) is 5.78 Å². The van der Waals surface area contributed by atoms with E-state index in [4.69, 9.17) is 27.9 Å². The molecule has 1 fully saturated rings. The highest BCUT2D eigenvalue weighted by Crippen LogP contribution is 2.36. The Hall–Kier alpha value is -2.57. The fraction of sp³-hybridized carbons (Fsp3) is 0.250. The molecule has 0 radical (unpaired) electrons. The smallest absolute Gasteiger partial charge is 0.325 e. The van der Waals surface area contributed by atoms with Crippen LogP contribution in [0, 0.1) is 0 Å². The number of nitrogens with zero attached hydrogens (tertiary/aromatic N) is 1. The molecule has 28 heavy (non-hydrogen) atoms. The number of carbonyl (C=O) groups is 3. The number of halogens is 2. The number of benzene rings is 2. The van der Waals surface area contributed by atoms with Gasteiger partial charge in [-0.3, -0.25) is 14.5 Å². The molecule has 1 saturated heterocycles. The van der Waals surface area contributed by atoms with Gasteiger partial charge in [0.1, 0.15) is 11.3 Å². The van der Waals surface area contributed by atoms with Crippen LogP contribution in [0.5, 0.6) is 5.75 Å². The Morgan fingerprint density at radius 3 is 2.50 bits per heavy atom. The van der Waals surface area contributed by atoms with E-state index in [1.165, 1.54) is 20.1 Å².